The molecule has 1 atom stereocenters. The van der Waals surface area contributed by atoms with Crippen LogP contribution in [0.4, 0.5) is 0 Å². The second-order valence-corrected chi connectivity index (χ2v) is 7.10. The fourth-order valence-electron chi connectivity index (χ4n) is 1.06. The lowest BCUT2D eigenvalue weighted by Gasteiger charge is -2.31. The Hall–Kier alpha value is 0.160. The Balaban J connectivity index is 4.71. The van der Waals surface area contributed by atoms with Crippen molar-refractivity contribution in [3.63, 3.8) is 0 Å². The van der Waals surface area contributed by atoms with Crippen molar-refractivity contribution >= 4 is 21.8 Å². The summed E-state index contributed by atoms with van der Waals surface area (Å²) in [5.74, 6) is 0.442. The molecule has 0 bridgehead atoms. The van der Waals surface area contributed by atoms with E-state index in [4.69, 9.17) is 11.6 Å². The third-order valence-corrected chi connectivity index (χ3v) is 3.98. The van der Waals surface area contributed by atoms with Crippen molar-refractivity contribution in [2.75, 3.05) is 20.0 Å². The molecule has 0 saturated carbocycles. The molecule has 0 rings (SSSR count). The van der Waals surface area contributed by atoms with Crippen LogP contribution in [0.15, 0.2) is 0 Å². The van der Waals surface area contributed by atoms with E-state index in [0.29, 0.717) is 12.3 Å². The first-order valence-corrected chi connectivity index (χ1v) is 6.84. The largest absolute Gasteiger partial charge is 0.279 e. The highest BCUT2D eigenvalue weighted by molar-refractivity contribution is 7.87. The Kier molecular flexibility index (Phi) is 5.54. The minimum absolute atomic E-state index is 0.141. The third-order valence-electron chi connectivity index (χ3n) is 2.22. The summed E-state index contributed by atoms with van der Waals surface area (Å²) in [7, 11) is -0.373. The summed E-state index contributed by atoms with van der Waals surface area (Å²) in [5.41, 5.74) is -0.141. The van der Waals surface area contributed by atoms with Crippen LogP contribution in [0.3, 0.4) is 0 Å². The number of nitrogens with zero attached hydrogens (tertiary/aromatic N) is 1. The summed E-state index contributed by atoms with van der Waals surface area (Å²) in [6, 6.07) is -0.151. The molecule has 4 nitrogen and oxygen atoms in total. The Morgan fingerprint density at radius 2 is 1.80 bits per heavy atom. The lowest BCUT2D eigenvalue weighted by atomic mass is 9.86. The molecule has 6 heteroatoms. The standard InChI is InChI=1S/C9H21ClN2O2S/c1-9(2,3)8(6-7-10)11-15(13,14)12(4)5/h8,11H,6-7H2,1-5H3. The molecule has 0 fully saturated rings. The van der Waals surface area contributed by atoms with Crippen LogP contribution in [0.2, 0.25) is 0 Å². The van der Waals surface area contributed by atoms with E-state index < -0.39 is 10.2 Å². The van der Waals surface area contributed by atoms with E-state index in [0.717, 1.165) is 0 Å². The van der Waals surface area contributed by atoms with Gasteiger partial charge in [0.2, 0.25) is 0 Å². The van der Waals surface area contributed by atoms with Crippen LogP contribution in [-0.2, 0) is 10.2 Å². The van der Waals surface area contributed by atoms with Gasteiger partial charge in [-0.3, -0.25) is 0 Å². The van der Waals surface area contributed by atoms with Gasteiger partial charge < -0.3 is 0 Å². The molecular formula is C9H21ClN2O2S. The summed E-state index contributed by atoms with van der Waals surface area (Å²) in [5, 5.41) is 0. The fourth-order valence-corrected chi connectivity index (χ4v) is 2.32. The predicted molar refractivity (Wildman–Crippen MR) is 64.3 cm³/mol. The first kappa shape index (κ1) is 15.2. The Bertz CT molecular complexity index is 283. The van der Waals surface area contributed by atoms with Gasteiger partial charge in [-0.25, -0.2) is 0 Å². The maximum absolute atomic E-state index is 11.6. The third kappa shape index (κ3) is 5.15. The van der Waals surface area contributed by atoms with Crippen LogP contribution in [0, 0.1) is 5.41 Å². The quantitative estimate of drug-likeness (QED) is 0.757. The lowest BCUT2D eigenvalue weighted by Crippen LogP contribution is -2.48. The predicted octanol–water partition coefficient (Wildman–Crippen LogP) is 1.43. The number of halogens is 1. The molecule has 0 aromatic carbocycles. The van der Waals surface area contributed by atoms with Crippen LogP contribution in [0.1, 0.15) is 27.2 Å². The first-order valence-electron chi connectivity index (χ1n) is 4.87. The zero-order valence-corrected chi connectivity index (χ0v) is 11.6. The maximum atomic E-state index is 11.6. The molecule has 0 saturated heterocycles. The normalized spacial score (nSPS) is 15.7. The van der Waals surface area contributed by atoms with Crippen molar-refractivity contribution in [3.05, 3.63) is 0 Å². The van der Waals surface area contributed by atoms with E-state index in [9.17, 15) is 8.42 Å². The van der Waals surface area contributed by atoms with Crippen molar-refractivity contribution in [3.8, 4) is 0 Å². The van der Waals surface area contributed by atoms with Gasteiger partial charge in [0.05, 0.1) is 0 Å². The molecule has 0 radical (unpaired) electrons. The van der Waals surface area contributed by atoms with Gasteiger partial charge in [0.25, 0.3) is 10.2 Å². The van der Waals surface area contributed by atoms with Gasteiger partial charge in [0.1, 0.15) is 0 Å². The minimum atomic E-state index is -3.38. The second-order valence-electron chi connectivity index (χ2n) is 4.80. The Morgan fingerprint density at radius 3 is 2.07 bits per heavy atom. The van der Waals surface area contributed by atoms with E-state index in [1.165, 1.54) is 18.4 Å². The number of hydrogen-bond donors (Lipinski definition) is 1. The molecule has 1 N–H and O–H groups in total. The van der Waals surface area contributed by atoms with Crippen LogP contribution >= 0.6 is 11.6 Å². The smallest absolute Gasteiger partial charge is 0.198 e. The highest BCUT2D eigenvalue weighted by atomic mass is 35.5. The molecule has 92 valence electrons. The summed E-state index contributed by atoms with van der Waals surface area (Å²) in [6.45, 7) is 5.97. The molecule has 0 aliphatic rings. The van der Waals surface area contributed by atoms with Gasteiger partial charge in [-0.2, -0.15) is 17.4 Å². The topological polar surface area (TPSA) is 49.4 Å². The average molecular weight is 257 g/mol. The van der Waals surface area contributed by atoms with E-state index >= 15 is 0 Å². The average Bonchev–Trinajstić information content (AvgIpc) is 2.01. The molecule has 0 aromatic heterocycles. The molecule has 0 aliphatic carbocycles. The zero-order chi connectivity index (χ0) is 12.3. The number of hydrogen-bond acceptors (Lipinski definition) is 2. The molecule has 0 spiro atoms. The molecule has 1 unspecified atom stereocenters. The first-order chi connectivity index (χ1) is 6.61. The van der Waals surface area contributed by atoms with Crippen LogP contribution < -0.4 is 4.72 Å². The van der Waals surface area contributed by atoms with Gasteiger partial charge in [0.15, 0.2) is 0 Å². The molecule has 0 aliphatic heterocycles. The van der Waals surface area contributed by atoms with E-state index in [2.05, 4.69) is 4.72 Å². The fraction of sp³-hybridized carbons (Fsp3) is 1.00. The highest BCUT2D eigenvalue weighted by Crippen LogP contribution is 2.23. The van der Waals surface area contributed by atoms with Crippen molar-refractivity contribution < 1.29 is 8.42 Å². The summed E-state index contributed by atoms with van der Waals surface area (Å²) in [4.78, 5) is 0. The van der Waals surface area contributed by atoms with Gasteiger partial charge in [-0.05, 0) is 11.8 Å². The molecule has 15 heavy (non-hydrogen) atoms. The summed E-state index contributed by atoms with van der Waals surface area (Å²) in [6.07, 6.45) is 0.623. The summed E-state index contributed by atoms with van der Waals surface area (Å²) >= 11 is 5.66. The Labute approximate surface area is 98.2 Å². The lowest BCUT2D eigenvalue weighted by molar-refractivity contribution is 0.288. The van der Waals surface area contributed by atoms with E-state index in [1.807, 2.05) is 20.8 Å². The Morgan fingerprint density at radius 1 is 1.33 bits per heavy atom. The van der Waals surface area contributed by atoms with Gasteiger partial charge >= 0.3 is 0 Å². The van der Waals surface area contributed by atoms with E-state index in [1.54, 1.807) is 0 Å². The van der Waals surface area contributed by atoms with Crippen molar-refractivity contribution in [2.45, 2.75) is 33.2 Å². The van der Waals surface area contributed by atoms with Gasteiger partial charge in [-0.15, -0.1) is 11.6 Å². The molecule has 0 amide bonds. The van der Waals surface area contributed by atoms with Crippen molar-refractivity contribution in [1.29, 1.82) is 0 Å². The zero-order valence-electron chi connectivity index (χ0n) is 10.0. The monoisotopic (exact) mass is 256 g/mol. The SMILES string of the molecule is CN(C)S(=O)(=O)NC(CCCl)C(C)(C)C. The number of nitrogens with one attached hydrogen (secondary N) is 1. The van der Waals surface area contributed by atoms with Crippen LogP contribution in [0.5, 0.6) is 0 Å². The van der Waals surface area contributed by atoms with Crippen LogP contribution in [-0.4, -0.2) is 38.7 Å². The van der Waals surface area contributed by atoms with Crippen molar-refractivity contribution in [1.82, 2.24) is 9.03 Å². The van der Waals surface area contributed by atoms with E-state index in [-0.39, 0.29) is 11.5 Å². The molecule has 0 aromatic rings. The number of alkyl halides is 1. The molecular weight excluding hydrogens is 236 g/mol. The minimum Gasteiger partial charge on any atom is -0.198 e. The maximum Gasteiger partial charge on any atom is 0.279 e. The van der Waals surface area contributed by atoms with Gasteiger partial charge in [-0.1, -0.05) is 20.8 Å². The van der Waals surface area contributed by atoms with Gasteiger partial charge in [0, 0.05) is 26.0 Å². The van der Waals surface area contributed by atoms with Crippen LogP contribution in [0.25, 0.3) is 0 Å². The molecule has 0 heterocycles. The second kappa shape index (κ2) is 5.48. The van der Waals surface area contributed by atoms with Crippen molar-refractivity contribution in [2.24, 2.45) is 5.41 Å². The highest BCUT2D eigenvalue weighted by Gasteiger charge is 2.29. The number of rotatable bonds is 5. The summed E-state index contributed by atoms with van der Waals surface area (Å²) < 4.78 is 27.1.